The Hall–Kier alpha value is 0.580. The summed E-state index contributed by atoms with van der Waals surface area (Å²) in [6.07, 6.45) is 1.92. The fourth-order valence-corrected chi connectivity index (χ4v) is 6.97. The maximum absolute atomic E-state index is 8.70. The molecule has 1 aliphatic rings. The predicted molar refractivity (Wildman–Crippen MR) is 64.6 cm³/mol. The number of thioether (sulfide) groups is 1. The van der Waals surface area contributed by atoms with Crippen LogP contribution in [0.15, 0.2) is 10.6 Å². The van der Waals surface area contributed by atoms with Gasteiger partial charge in [0.25, 0.3) is 0 Å². The second-order valence-electron chi connectivity index (χ2n) is 2.80. The first kappa shape index (κ1) is 10.7. The van der Waals surface area contributed by atoms with Crippen LogP contribution in [0.25, 0.3) is 0 Å². The number of alkyl halides is 2. The van der Waals surface area contributed by atoms with E-state index in [9.17, 15) is 0 Å². The standard InChI is InChI=1S/C8H16INOS/c1-7-8(4-3-5-11)10-9(2)6-12-7/h10-11H,3-6H2,1-2H3. The van der Waals surface area contributed by atoms with E-state index in [-0.39, 0.29) is 0 Å². The van der Waals surface area contributed by atoms with Gasteiger partial charge in [0.1, 0.15) is 0 Å². The van der Waals surface area contributed by atoms with Crippen LogP contribution in [0.3, 0.4) is 0 Å². The van der Waals surface area contributed by atoms with Gasteiger partial charge in [-0.05, 0) is 0 Å². The van der Waals surface area contributed by atoms with Gasteiger partial charge in [0.05, 0.1) is 0 Å². The van der Waals surface area contributed by atoms with E-state index < -0.39 is 20.1 Å². The third-order valence-corrected chi connectivity index (χ3v) is 8.14. The molecular weight excluding hydrogens is 285 g/mol. The molecule has 1 aliphatic heterocycles. The van der Waals surface area contributed by atoms with Crippen LogP contribution in [-0.2, 0) is 0 Å². The van der Waals surface area contributed by atoms with Crippen molar-refractivity contribution in [1.29, 1.82) is 0 Å². The summed E-state index contributed by atoms with van der Waals surface area (Å²) in [6.45, 7) is 2.48. The Labute approximate surface area is 85.9 Å². The van der Waals surface area contributed by atoms with Gasteiger partial charge in [-0.15, -0.1) is 0 Å². The van der Waals surface area contributed by atoms with E-state index in [1.807, 2.05) is 11.8 Å². The minimum absolute atomic E-state index is 0.307. The van der Waals surface area contributed by atoms with Gasteiger partial charge < -0.3 is 0 Å². The van der Waals surface area contributed by atoms with Crippen molar-refractivity contribution in [3.05, 3.63) is 10.6 Å². The Morgan fingerprint density at radius 3 is 3.08 bits per heavy atom. The van der Waals surface area contributed by atoms with Crippen LogP contribution in [-0.4, -0.2) is 20.4 Å². The van der Waals surface area contributed by atoms with E-state index in [0.29, 0.717) is 6.61 Å². The minimum atomic E-state index is -0.818. The second-order valence-corrected chi connectivity index (χ2v) is 9.69. The first-order valence-electron chi connectivity index (χ1n) is 4.00. The number of aliphatic hydroxyl groups is 1. The average molecular weight is 301 g/mol. The zero-order valence-electron chi connectivity index (χ0n) is 7.56. The van der Waals surface area contributed by atoms with Crippen LogP contribution >= 0.6 is 31.9 Å². The molecule has 0 saturated carbocycles. The summed E-state index contributed by atoms with van der Waals surface area (Å²) in [6, 6.07) is 0. The molecule has 0 unspecified atom stereocenters. The normalized spacial score (nSPS) is 21.1. The van der Waals surface area contributed by atoms with Crippen LogP contribution in [0.1, 0.15) is 19.8 Å². The molecule has 0 aromatic heterocycles. The molecule has 0 saturated heterocycles. The molecule has 1 heterocycles. The molecule has 0 radical (unpaired) electrons. The van der Waals surface area contributed by atoms with Crippen molar-refractivity contribution in [3.8, 4) is 0 Å². The fourth-order valence-electron chi connectivity index (χ4n) is 1.02. The molecule has 0 aliphatic carbocycles. The number of hydrogen-bond acceptors (Lipinski definition) is 3. The van der Waals surface area contributed by atoms with Crippen molar-refractivity contribution in [3.63, 3.8) is 0 Å². The molecule has 2 N–H and O–H groups in total. The summed E-state index contributed by atoms with van der Waals surface area (Å²) >= 11 is 1.17. The summed E-state index contributed by atoms with van der Waals surface area (Å²) in [4.78, 5) is 3.78. The number of aliphatic hydroxyl groups excluding tert-OH is 1. The third-order valence-electron chi connectivity index (χ3n) is 1.72. The van der Waals surface area contributed by atoms with E-state index in [0.717, 1.165) is 12.8 Å². The van der Waals surface area contributed by atoms with Crippen molar-refractivity contribution < 1.29 is 5.11 Å². The van der Waals surface area contributed by atoms with E-state index in [1.54, 1.807) is 0 Å². The van der Waals surface area contributed by atoms with Gasteiger partial charge in [-0.3, -0.25) is 0 Å². The summed E-state index contributed by atoms with van der Waals surface area (Å²) in [7, 11) is 0. The van der Waals surface area contributed by atoms with Gasteiger partial charge in [-0.1, -0.05) is 0 Å². The summed E-state index contributed by atoms with van der Waals surface area (Å²) in [5, 5.41) is 8.70. The summed E-state index contributed by atoms with van der Waals surface area (Å²) in [5.74, 6) is 0. The zero-order chi connectivity index (χ0) is 8.97. The molecule has 2 nitrogen and oxygen atoms in total. The molecule has 0 fully saturated rings. The van der Waals surface area contributed by atoms with E-state index in [1.165, 1.54) is 14.4 Å². The van der Waals surface area contributed by atoms with Gasteiger partial charge >= 0.3 is 86.2 Å². The van der Waals surface area contributed by atoms with Gasteiger partial charge in [-0.2, -0.15) is 0 Å². The first-order valence-corrected chi connectivity index (χ1v) is 9.74. The second kappa shape index (κ2) is 5.34. The summed E-state index contributed by atoms with van der Waals surface area (Å²) < 4.78 is 4.92. The molecule has 0 aromatic rings. The van der Waals surface area contributed by atoms with Gasteiger partial charge in [-0.25, -0.2) is 0 Å². The first-order chi connectivity index (χ1) is 5.74. The maximum atomic E-state index is 8.70. The Bertz CT molecular complexity index is 184. The number of halogens is 1. The fraction of sp³-hybridized carbons (Fsp3) is 0.750. The van der Waals surface area contributed by atoms with Crippen LogP contribution < -0.4 is 3.53 Å². The zero-order valence-corrected chi connectivity index (χ0v) is 10.5. The molecule has 72 valence electrons. The Morgan fingerprint density at radius 1 is 1.67 bits per heavy atom. The van der Waals surface area contributed by atoms with Crippen LogP contribution in [0.5, 0.6) is 0 Å². The Kier molecular flexibility index (Phi) is 4.74. The molecule has 0 spiro atoms. The van der Waals surface area contributed by atoms with Gasteiger partial charge in [0.15, 0.2) is 0 Å². The molecule has 1 rings (SSSR count). The average Bonchev–Trinajstić information content (AvgIpc) is 2.07. The van der Waals surface area contributed by atoms with Gasteiger partial charge in [0, 0.05) is 0 Å². The van der Waals surface area contributed by atoms with Crippen LogP contribution in [0.2, 0.25) is 0 Å². The van der Waals surface area contributed by atoms with E-state index >= 15 is 0 Å². The number of allylic oxidation sites excluding steroid dienone is 2. The quantitative estimate of drug-likeness (QED) is 0.477. The number of hydrogen-bond donors (Lipinski definition) is 2. The third kappa shape index (κ3) is 3.14. The van der Waals surface area contributed by atoms with Crippen molar-refractivity contribution in [2.24, 2.45) is 0 Å². The Balaban J connectivity index is 2.46. The number of rotatable bonds is 3. The van der Waals surface area contributed by atoms with E-state index in [2.05, 4.69) is 15.4 Å². The monoisotopic (exact) mass is 301 g/mol. The Morgan fingerprint density at radius 2 is 2.42 bits per heavy atom. The molecule has 4 heteroatoms. The molecule has 12 heavy (non-hydrogen) atoms. The van der Waals surface area contributed by atoms with Crippen molar-refractivity contribution in [1.82, 2.24) is 3.53 Å². The van der Waals surface area contributed by atoms with Crippen LogP contribution in [0, 0.1) is 0 Å². The number of nitrogens with one attached hydrogen (secondary N) is 1. The predicted octanol–water partition coefficient (Wildman–Crippen LogP) is 2.34. The topological polar surface area (TPSA) is 32.3 Å². The molecule has 0 bridgehead atoms. The van der Waals surface area contributed by atoms with Crippen LogP contribution in [0.4, 0.5) is 0 Å². The SMILES string of the molecule is CC1=C(CCCO)NI(C)CS1. The summed E-state index contributed by atoms with van der Waals surface area (Å²) in [5.41, 5.74) is 1.40. The van der Waals surface area contributed by atoms with E-state index in [4.69, 9.17) is 5.11 Å². The molecule has 0 atom stereocenters. The molecule has 0 amide bonds. The van der Waals surface area contributed by atoms with Crippen molar-refractivity contribution in [2.75, 3.05) is 15.3 Å². The molecule has 0 aromatic carbocycles. The molecular formula is C8H16INOS. The van der Waals surface area contributed by atoms with Gasteiger partial charge in [0.2, 0.25) is 0 Å². The van der Waals surface area contributed by atoms with Crippen molar-refractivity contribution >= 4 is 31.9 Å². The van der Waals surface area contributed by atoms with Crippen molar-refractivity contribution in [2.45, 2.75) is 19.8 Å².